The summed E-state index contributed by atoms with van der Waals surface area (Å²) < 4.78 is 54.5. The van der Waals surface area contributed by atoms with Gasteiger partial charge in [0.25, 0.3) is 5.91 Å². The first-order valence-electron chi connectivity index (χ1n) is 8.16. The molecule has 3 heterocycles. The van der Waals surface area contributed by atoms with Gasteiger partial charge in [-0.25, -0.2) is 13.8 Å². The number of amides is 1. The van der Waals surface area contributed by atoms with E-state index in [1.807, 2.05) is 4.90 Å². The fourth-order valence-corrected chi connectivity index (χ4v) is 3.29. The Bertz CT molecular complexity index is 598. The topological polar surface area (TPSA) is 54.5 Å². The largest absolute Gasteiger partial charge is 0.471 e. The SMILES string of the molecule is O=C(c1ccc(OCC(F)(F)C(F)F)nc1)N1C2CCNCC1CC2. The van der Waals surface area contributed by atoms with Gasteiger partial charge in [0.05, 0.1) is 5.56 Å². The zero-order valence-corrected chi connectivity index (χ0v) is 13.4. The monoisotopic (exact) mass is 361 g/mol. The Labute approximate surface area is 142 Å². The van der Waals surface area contributed by atoms with Crippen molar-refractivity contribution in [2.24, 2.45) is 0 Å². The minimum Gasteiger partial charge on any atom is -0.471 e. The molecule has 0 spiro atoms. The number of nitrogens with zero attached hydrogens (tertiary/aromatic N) is 2. The number of pyridine rings is 1. The number of alkyl halides is 4. The van der Waals surface area contributed by atoms with E-state index in [2.05, 4.69) is 15.0 Å². The van der Waals surface area contributed by atoms with E-state index in [9.17, 15) is 22.4 Å². The maximum atomic E-state index is 12.8. The van der Waals surface area contributed by atoms with Crippen molar-refractivity contribution in [3.05, 3.63) is 23.9 Å². The third-order valence-corrected chi connectivity index (χ3v) is 4.60. The first-order valence-corrected chi connectivity index (χ1v) is 8.16. The molecule has 1 aromatic rings. The zero-order chi connectivity index (χ0) is 18.0. The molecule has 2 atom stereocenters. The van der Waals surface area contributed by atoms with Crippen LogP contribution in [0, 0.1) is 0 Å². The number of carbonyl (C=O) groups excluding carboxylic acids is 1. The fraction of sp³-hybridized carbons (Fsp3) is 0.625. The van der Waals surface area contributed by atoms with E-state index in [4.69, 9.17) is 0 Å². The predicted octanol–water partition coefficient (Wildman–Crippen LogP) is 2.33. The van der Waals surface area contributed by atoms with E-state index in [0.29, 0.717) is 5.56 Å². The number of halogens is 4. The Morgan fingerprint density at radius 2 is 2.08 bits per heavy atom. The second-order valence-electron chi connectivity index (χ2n) is 6.33. The predicted molar refractivity (Wildman–Crippen MR) is 81.1 cm³/mol. The van der Waals surface area contributed by atoms with Crippen LogP contribution in [0.2, 0.25) is 0 Å². The van der Waals surface area contributed by atoms with Crippen LogP contribution in [0.3, 0.4) is 0 Å². The molecule has 0 aliphatic carbocycles. The Morgan fingerprint density at radius 1 is 1.32 bits per heavy atom. The molecule has 138 valence electrons. The lowest BCUT2D eigenvalue weighted by Gasteiger charge is -2.27. The van der Waals surface area contributed by atoms with Gasteiger partial charge >= 0.3 is 12.3 Å². The van der Waals surface area contributed by atoms with E-state index in [1.54, 1.807) is 0 Å². The molecule has 9 heteroatoms. The molecule has 0 radical (unpaired) electrons. The minimum absolute atomic E-state index is 0.140. The number of hydrogen-bond donors (Lipinski definition) is 1. The highest BCUT2D eigenvalue weighted by molar-refractivity contribution is 5.94. The normalized spacial score (nSPS) is 23.6. The average molecular weight is 361 g/mol. The number of aromatic nitrogens is 1. The molecule has 5 nitrogen and oxygen atoms in total. The van der Waals surface area contributed by atoms with Gasteiger partial charge in [0, 0.05) is 30.9 Å². The number of carbonyl (C=O) groups is 1. The van der Waals surface area contributed by atoms with Crippen molar-refractivity contribution in [1.82, 2.24) is 15.2 Å². The summed E-state index contributed by atoms with van der Waals surface area (Å²) in [5.41, 5.74) is 0.326. The highest BCUT2D eigenvalue weighted by Crippen LogP contribution is 2.30. The fourth-order valence-electron chi connectivity index (χ4n) is 3.29. The number of fused-ring (bicyclic) bond motifs is 2. The van der Waals surface area contributed by atoms with Gasteiger partial charge in [-0.1, -0.05) is 0 Å². The van der Waals surface area contributed by atoms with Crippen molar-refractivity contribution in [3.63, 3.8) is 0 Å². The smallest absolute Gasteiger partial charge is 0.340 e. The van der Waals surface area contributed by atoms with Gasteiger partial charge in [0.1, 0.15) is 0 Å². The quantitative estimate of drug-likeness (QED) is 0.818. The lowest BCUT2D eigenvalue weighted by Crippen LogP contribution is -2.42. The van der Waals surface area contributed by atoms with Crippen LogP contribution in [-0.2, 0) is 0 Å². The van der Waals surface area contributed by atoms with Crippen LogP contribution in [0.1, 0.15) is 29.6 Å². The van der Waals surface area contributed by atoms with Crippen molar-refractivity contribution in [2.75, 3.05) is 19.7 Å². The number of nitrogens with one attached hydrogen (secondary N) is 1. The number of hydrogen-bond acceptors (Lipinski definition) is 4. The van der Waals surface area contributed by atoms with Crippen molar-refractivity contribution >= 4 is 5.91 Å². The van der Waals surface area contributed by atoms with Crippen LogP contribution in [0.4, 0.5) is 17.6 Å². The molecule has 0 saturated carbocycles. The highest BCUT2D eigenvalue weighted by atomic mass is 19.3. The van der Waals surface area contributed by atoms with E-state index in [0.717, 1.165) is 32.4 Å². The summed E-state index contributed by atoms with van der Waals surface area (Å²) in [5, 5.41) is 3.30. The third kappa shape index (κ3) is 3.86. The van der Waals surface area contributed by atoms with Gasteiger partial charge in [-0.2, -0.15) is 8.78 Å². The van der Waals surface area contributed by atoms with Gasteiger partial charge in [0.2, 0.25) is 5.88 Å². The molecular formula is C16H19F4N3O2. The number of ether oxygens (including phenoxy) is 1. The van der Waals surface area contributed by atoms with Crippen LogP contribution in [0.15, 0.2) is 18.3 Å². The summed E-state index contributed by atoms with van der Waals surface area (Å²) in [6.07, 6.45) is 0.228. The van der Waals surface area contributed by atoms with Gasteiger partial charge < -0.3 is 15.0 Å². The minimum atomic E-state index is -4.24. The Morgan fingerprint density at radius 3 is 2.76 bits per heavy atom. The highest BCUT2D eigenvalue weighted by Gasteiger charge is 2.42. The molecule has 1 aromatic heterocycles. The summed E-state index contributed by atoms with van der Waals surface area (Å²) in [6, 6.07) is 2.99. The first kappa shape index (κ1) is 17.9. The summed E-state index contributed by atoms with van der Waals surface area (Å²) in [4.78, 5) is 18.4. The maximum absolute atomic E-state index is 12.8. The molecule has 3 rings (SSSR count). The Hall–Kier alpha value is -1.90. The zero-order valence-electron chi connectivity index (χ0n) is 13.4. The van der Waals surface area contributed by atoms with E-state index in [1.165, 1.54) is 18.3 Å². The van der Waals surface area contributed by atoms with Crippen LogP contribution < -0.4 is 10.1 Å². The molecule has 2 fully saturated rings. The van der Waals surface area contributed by atoms with Gasteiger partial charge in [-0.3, -0.25) is 4.79 Å². The van der Waals surface area contributed by atoms with Crippen LogP contribution in [-0.4, -0.2) is 59.9 Å². The lowest BCUT2D eigenvalue weighted by molar-refractivity contribution is -0.148. The van der Waals surface area contributed by atoms with Crippen molar-refractivity contribution < 1.29 is 27.1 Å². The number of rotatable bonds is 5. The summed E-state index contributed by atoms with van der Waals surface area (Å²) in [6.45, 7) is 0.154. The van der Waals surface area contributed by atoms with Crippen molar-refractivity contribution in [2.45, 2.75) is 43.7 Å². The molecule has 2 bridgehead atoms. The van der Waals surface area contributed by atoms with Gasteiger partial charge in [-0.05, 0) is 31.9 Å². The second-order valence-corrected chi connectivity index (χ2v) is 6.33. The Kier molecular flexibility index (Phi) is 5.12. The average Bonchev–Trinajstić information content (AvgIpc) is 2.85. The molecule has 25 heavy (non-hydrogen) atoms. The van der Waals surface area contributed by atoms with Crippen LogP contribution >= 0.6 is 0 Å². The van der Waals surface area contributed by atoms with Crippen molar-refractivity contribution in [3.8, 4) is 5.88 Å². The molecule has 2 aliphatic heterocycles. The molecular weight excluding hydrogens is 342 g/mol. The van der Waals surface area contributed by atoms with Gasteiger partial charge in [-0.15, -0.1) is 0 Å². The van der Waals surface area contributed by atoms with Crippen LogP contribution in [0.25, 0.3) is 0 Å². The lowest BCUT2D eigenvalue weighted by atomic mass is 10.1. The first-order chi connectivity index (χ1) is 11.9. The second kappa shape index (κ2) is 7.15. The summed E-state index contributed by atoms with van der Waals surface area (Å²) in [7, 11) is 0. The molecule has 2 aliphatic rings. The molecule has 2 unspecified atom stereocenters. The molecule has 1 N–H and O–H groups in total. The summed E-state index contributed by atoms with van der Waals surface area (Å²) in [5.74, 6) is -4.63. The summed E-state index contributed by atoms with van der Waals surface area (Å²) >= 11 is 0. The Balaban J connectivity index is 1.65. The van der Waals surface area contributed by atoms with E-state index in [-0.39, 0.29) is 23.9 Å². The molecule has 0 aromatic carbocycles. The van der Waals surface area contributed by atoms with E-state index >= 15 is 0 Å². The van der Waals surface area contributed by atoms with E-state index < -0.39 is 19.0 Å². The third-order valence-electron chi connectivity index (χ3n) is 4.60. The van der Waals surface area contributed by atoms with Crippen molar-refractivity contribution in [1.29, 1.82) is 0 Å². The van der Waals surface area contributed by atoms with Gasteiger partial charge in [0.15, 0.2) is 6.61 Å². The molecule has 2 saturated heterocycles. The maximum Gasteiger partial charge on any atom is 0.340 e. The molecule has 1 amide bonds. The van der Waals surface area contributed by atoms with Crippen LogP contribution in [0.5, 0.6) is 5.88 Å². The standard InChI is InChI=1S/C16H19F4N3O2/c17-15(18)16(19,20)9-25-13-4-1-10(7-22-13)14(24)23-11-2-3-12(23)8-21-6-5-11/h1,4,7,11-12,15,21H,2-3,5-6,8-9H2.